The van der Waals surface area contributed by atoms with E-state index in [-0.39, 0.29) is 5.56 Å². The number of methoxy groups -OCH3 is 1. The molecule has 0 saturated carbocycles. The van der Waals surface area contributed by atoms with Gasteiger partial charge in [0.1, 0.15) is 11.6 Å². The molecule has 0 amide bonds. The van der Waals surface area contributed by atoms with Gasteiger partial charge in [-0.1, -0.05) is 11.6 Å². The molecule has 1 unspecified atom stereocenters. The van der Waals surface area contributed by atoms with Gasteiger partial charge in [-0.25, -0.2) is 13.6 Å². The van der Waals surface area contributed by atoms with Crippen molar-refractivity contribution in [2.24, 2.45) is 0 Å². The number of nitrogens with one attached hydrogen (secondary N) is 1. The summed E-state index contributed by atoms with van der Waals surface area (Å²) in [6, 6.07) is 8.42. The summed E-state index contributed by atoms with van der Waals surface area (Å²) in [5.41, 5.74) is 0.703. The molecule has 0 spiro atoms. The number of halogens is 3. The highest BCUT2D eigenvalue weighted by atomic mass is 35.5. The highest BCUT2D eigenvalue weighted by Crippen LogP contribution is 2.23. The van der Waals surface area contributed by atoms with Crippen LogP contribution in [0.5, 0.6) is 0 Å². The molecular weight excluding hydrogens is 300 g/mol. The molecular formula is C15H12ClF2NO2. The average molecular weight is 312 g/mol. The van der Waals surface area contributed by atoms with Gasteiger partial charge in [0.2, 0.25) is 0 Å². The van der Waals surface area contributed by atoms with Crippen LogP contribution in [0.3, 0.4) is 0 Å². The molecule has 2 rings (SSSR count). The molecule has 0 aliphatic rings. The van der Waals surface area contributed by atoms with Crippen molar-refractivity contribution >= 4 is 23.3 Å². The molecule has 6 heteroatoms. The van der Waals surface area contributed by atoms with Gasteiger partial charge in [0.05, 0.1) is 7.11 Å². The highest BCUT2D eigenvalue weighted by molar-refractivity contribution is 6.30. The number of anilines is 1. The van der Waals surface area contributed by atoms with Crippen molar-refractivity contribution < 1.29 is 18.3 Å². The predicted octanol–water partition coefficient (Wildman–Crippen LogP) is 3.94. The first kappa shape index (κ1) is 15.3. The van der Waals surface area contributed by atoms with Gasteiger partial charge < -0.3 is 10.1 Å². The van der Waals surface area contributed by atoms with Crippen LogP contribution in [0.25, 0.3) is 0 Å². The van der Waals surface area contributed by atoms with Crippen molar-refractivity contribution in [2.45, 2.75) is 6.04 Å². The van der Waals surface area contributed by atoms with Gasteiger partial charge in [-0.2, -0.15) is 0 Å². The topological polar surface area (TPSA) is 38.3 Å². The maximum atomic E-state index is 13.3. The molecule has 0 aliphatic carbocycles. The molecule has 3 nitrogen and oxygen atoms in total. The second kappa shape index (κ2) is 6.54. The predicted molar refractivity (Wildman–Crippen MR) is 76.2 cm³/mol. The van der Waals surface area contributed by atoms with Crippen molar-refractivity contribution in [1.29, 1.82) is 0 Å². The van der Waals surface area contributed by atoms with E-state index in [1.54, 1.807) is 24.3 Å². The van der Waals surface area contributed by atoms with Crippen molar-refractivity contribution in [3.8, 4) is 0 Å². The maximum Gasteiger partial charge on any atom is 0.332 e. The first-order chi connectivity index (χ1) is 9.99. The minimum atomic E-state index is -1.03. The monoisotopic (exact) mass is 311 g/mol. The van der Waals surface area contributed by atoms with E-state index in [0.29, 0.717) is 10.7 Å². The molecule has 0 heterocycles. The molecule has 0 aromatic heterocycles. The lowest BCUT2D eigenvalue weighted by Gasteiger charge is -2.18. The first-order valence-electron chi connectivity index (χ1n) is 6.05. The Hall–Kier alpha value is -2.14. The van der Waals surface area contributed by atoms with Crippen LogP contribution in [0, 0.1) is 11.6 Å². The average Bonchev–Trinajstić information content (AvgIpc) is 2.44. The number of carbonyl (C=O) groups excluding carboxylic acids is 1. The number of hydrogen-bond acceptors (Lipinski definition) is 3. The Bertz CT molecular complexity index is 626. The van der Waals surface area contributed by atoms with Crippen LogP contribution in [0.2, 0.25) is 5.02 Å². The fourth-order valence-corrected chi connectivity index (χ4v) is 1.98. The normalized spacial score (nSPS) is 11.8. The molecule has 0 bridgehead atoms. The summed E-state index contributed by atoms with van der Waals surface area (Å²) in [5.74, 6) is -2.19. The van der Waals surface area contributed by atoms with Crippen LogP contribution < -0.4 is 5.32 Å². The van der Waals surface area contributed by atoms with Gasteiger partial charge in [-0.3, -0.25) is 0 Å². The molecule has 0 saturated heterocycles. The molecule has 2 aromatic carbocycles. The van der Waals surface area contributed by atoms with E-state index in [0.717, 1.165) is 18.2 Å². The van der Waals surface area contributed by atoms with Gasteiger partial charge in [-0.05, 0) is 42.0 Å². The molecule has 0 fully saturated rings. The van der Waals surface area contributed by atoms with Crippen LogP contribution in [0.4, 0.5) is 14.5 Å². The van der Waals surface area contributed by atoms with E-state index in [1.165, 1.54) is 7.11 Å². The molecule has 2 aromatic rings. The number of carbonyl (C=O) groups is 1. The zero-order chi connectivity index (χ0) is 15.4. The van der Waals surface area contributed by atoms with E-state index < -0.39 is 23.6 Å². The Morgan fingerprint density at radius 2 is 1.71 bits per heavy atom. The molecule has 0 aliphatic heterocycles. The minimum absolute atomic E-state index is 0.134. The summed E-state index contributed by atoms with van der Waals surface area (Å²) in [6.45, 7) is 0. The van der Waals surface area contributed by atoms with Crippen molar-refractivity contribution in [1.82, 2.24) is 0 Å². The highest BCUT2D eigenvalue weighted by Gasteiger charge is 2.22. The number of esters is 1. The lowest BCUT2D eigenvalue weighted by molar-refractivity contribution is -0.141. The maximum absolute atomic E-state index is 13.3. The van der Waals surface area contributed by atoms with E-state index in [2.05, 4.69) is 10.1 Å². The molecule has 1 atom stereocenters. The summed E-state index contributed by atoms with van der Waals surface area (Å²) in [5, 5.41) is 3.40. The molecule has 110 valence electrons. The largest absolute Gasteiger partial charge is 0.467 e. The zero-order valence-corrected chi connectivity index (χ0v) is 11.8. The second-order valence-corrected chi connectivity index (χ2v) is 4.75. The van der Waals surface area contributed by atoms with Gasteiger partial charge in [-0.15, -0.1) is 0 Å². The standard InChI is InChI=1S/C15H12ClF2NO2/c1-21-15(20)14(9-6-11(17)8-12(18)7-9)19-13-4-2-10(16)3-5-13/h2-8,14,19H,1H3. The smallest absolute Gasteiger partial charge is 0.332 e. The summed E-state index contributed by atoms with van der Waals surface area (Å²) in [7, 11) is 1.20. The third-order valence-electron chi connectivity index (χ3n) is 2.81. The van der Waals surface area contributed by atoms with Crippen molar-refractivity contribution in [3.63, 3.8) is 0 Å². The lowest BCUT2D eigenvalue weighted by Crippen LogP contribution is -2.22. The molecule has 1 N–H and O–H groups in total. The van der Waals surface area contributed by atoms with Crippen LogP contribution >= 0.6 is 11.6 Å². The quantitative estimate of drug-likeness (QED) is 0.869. The summed E-state index contributed by atoms with van der Waals surface area (Å²) >= 11 is 5.78. The van der Waals surface area contributed by atoms with Crippen molar-refractivity contribution in [2.75, 3.05) is 12.4 Å². The lowest BCUT2D eigenvalue weighted by atomic mass is 10.1. The number of rotatable bonds is 4. The van der Waals surface area contributed by atoms with Crippen LogP contribution in [-0.4, -0.2) is 13.1 Å². The van der Waals surface area contributed by atoms with Gasteiger partial charge in [0.15, 0.2) is 6.04 Å². The Kier molecular flexibility index (Phi) is 4.75. The van der Waals surface area contributed by atoms with E-state index in [1.807, 2.05) is 0 Å². The van der Waals surface area contributed by atoms with Crippen LogP contribution in [-0.2, 0) is 9.53 Å². The Morgan fingerprint density at radius 1 is 1.14 bits per heavy atom. The molecule has 0 radical (unpaired) electrons. The zero-order valence-electron chi connectivity index (χ0n) is 11.1. The molecule has 21 heavy (non-hydrogen) atoms. The van der Waals surface area contributed by atoms with E-state index in [9.17, 15) is 13.6 Å². The fraction of sp³-hybridized carbons (Fsp3) is 0.133. The van der Waals surface area contributed by atoms with E-state index >= 15 is 0 Å². The third-order valence-corrected chi connectivity index (χ3v) is 3.06. The fourth-order valence-electron chi connectivity index (χ4n) is 1.85. The Labute approximate surface area is 125 Å². The second-order valence-electron chi connectivity index (χ2n) is 4.31. The number of hydrogen-bond donors (Lipinski definition) is 1. The van der Waals surface area contributed by atoms with Crippen molar-refractivity contribution in [3.05, 3.63) is 64.7 Å². The Morgan fingerprint density at radius 3 is 2.24 bits per heavy atom. The Balaban J connectivity index is 2.34. The number of ether oxygens (including phenoxy) is 1. The van der Waals surface area contributed by atoms with Crippen LogP contribution in [0.15, 0.2) is 42.5 Å². The van der Waals surface area contributed by atoms with E-state index in [4.69, 9.17) is 11.6 Å². The van der Waals surface area contributed by atoms with Gasteiger partial charge >= 0.3 is 5.97 Å². The summed E-state index contributed by atoms with van der Waals surface area (Å²) in [4.78, 5) is 11.9. The van der Waals surface area contributed by atoms with Gasteiger partial charge in [0.25, 0.3) is 0 Å². The summed E-state index contributed by atoms with van der Waals surface area (Å²) < 4.78 is 31.3. The van der Waals surface area contributed by atoms with Crippen LogP contribution in [0.1, 0.15) is 11.6 Å². The number of benzene rings is 2. The third kappa shape index (κ3) is 3.92. The van der Waals surface area contributed by atoms with Gasteiger partial charge in [0, 0.05) is 16.8 Å². The minimum Gasteiger partial charge on any atom is -0.467 e. The first-order valence-corrected chi connectivity index (χ1v) is 6.43. The SMILES string of the molecule is COC(=O)C(Nc1ccc(Cl)cc1)c1cc(F)cc(F)c1. The summed E-state index contributed by atoms with van der Waals surface area (Å²) in [6.07, 6.45) is 0.